The standard InChI is InChI=1S/C27H40F6O2/c1-16(9-14-25(35-4,26(28,29)30)27(31,32)33)20-7-8-21-19-6-5-17-15-18(34)10-12-23(17,2)22(19)11-13-24(20,21)3/h5,16,18-22,34H,6-15H2,1-4H3/t16?,18-,19?,20?,21?,22?,23?,24?/m0/s1. The molecule has 4 aliphatic rings. The predicted molar refractivity (Wildman–Crippen MR) is 121 cm³/mol. The van der Waals surface area contributed by atoms with Gasteiger partial charge in [-0.3, -0.25) is 0 Å². The van der Waals surface area contributed by atoms with Crippen molar-refractivity contribution < 1.29 is 36.2 Å². The van der Waals surface area contributed by atoms with Gasteiger partial charge < -0.3 is 9.84 Å². The number of methoxy groups -OCH3 is 1. The number of aliphatic hydroxyl groups is 1. The van der Waals surface area contributed by atoms with E-state index in [9.17, 15) is 31.4 Å². The van der Waals surface area contributed by atoms with Gasteiger partial charge in [0.1, 0.15) is 0 Å². The van der Waals surface area contributed by atoms with E-state index in [4.69, 9.17) is 0 Å². The van der Waals surface area contributed by atoms with E-state index in [0.717, 1.165) is 51.4 Å². The van der Waals surface area contributed by atoms with Crippen LogP contribution >= 0.6 is 0 Å². The summed E-state index contributed by atoms with van der Waals surface area (Å²) >= 11 is 0. The van der Waals surface area contributed by atoms with Gasteiger partial charge in [0.05, 0.1) is 6.10 Å². The van der Waals surface area contributed by atoms with Gasteiger partial charge in [0.25, 0.3) is 5.60 Å². The molecule has 0 radical (unpaired) electrons. The van der Waals surface area contributed by atoms with Crippen molar-refractivity contribution in [3.63, 3.8) is 0 Å². The van der Waals surface area contributed by atoms with Crippen molar-refractivity contribution in [1.82, 2.24) is 0 Å². The Bertz CT molecular complexity index is 805. The van der Waals surface area contributed by atoms with Crippen molar-refractivity contribution in [2.75, 3.05) is 7.11 Å². The predicted octanol–water partition coefficient (Wildman–Crippen LogP) is 7.85. The first-order chi connectivity index (χ1) is 16.1. The molecule has 0 aromatic rings. The Hall–Kier alpha value is -0.760. The van der Waals surface area contributed by atoms with Crippen LogP contribution in [0.4, 0.5) is 26.3 Å². The second-order valence-electron chi connectivity index (χ2n) is 12.4. The second-order valence-corrected chi connectivity index (χ2v) is 12.4. The van der Waals surface area contributed by atoms with E-state index in [1.165, 1.54) is 5.57 Å². The number of alkyl halides is 6. The van der Waals surface area contributed by atoms with E-state index in [1.807, 2.05) is 6.92 Å². The minimum Gasteiger partial charge on any atom is -0.393 e. The largest absolute Gasteiger partial charge is 0.426 e. The minimum atomic E-state index is -5.52. The summed E-state index contributed by atoms with van der Waals surface area (Å²) in [6, 6.07) is 0. The van der Waals surface area contributed by atoms with Crippen LogP contribution in [0.25, 0.3) is 0 Å². The highest BCUT2D eigenvalue weighted by atomic mass is 19.4. The van der Waals surface area contributed by atoms with Crippen LogP contribution in [-0.4, -0.2) is 36.3 Å². The maximum Gasteiger partial charge on any atom is 0.426 e. The summed E-state index contributed by atoms with van der Waals surface area (Å²) in [7, 11) is 0.509. The zero-order chi connectivity index (χ0) is 26.0. The van der Waals surface area contributed by atoms with Gasteiger partial charge in [-0.1, -0.05) is 32.4 Å². The molecule has 3 saturated carbocycles. The van der Waals surface area contributed by atoms with Gasteiger partial charge in [-0.15, -0.1) is 0 Å². The van der Waals surface area contributed by atoms with Crippen molar-refractivity contribution >= 4 is 0 Å². The quantitative estimate of drug-likeness (QED) is 0.301. The fourth-order valence-corrected chi connectivity index (χ4v) is 9.03. The van der Waals surface area contributed by atoms with Gasteiger partial charge in [0, 0.05) is 7.11 Å². The SMILES string of the molecule is COC(CCC(C)C1CCC2C3CC=C4C[C@@H](O)CCC4(C)C3CCC12C)(C(F)(F)F)C(F)(F)F. The molecule has 202 valence electrons. The summed E-state index contributed by atoms with van der Waals surface area (Å²) in [6.07, 6.45) is -2.86. The van der Waals surface area contributed by atoms with Gasteiger partial charge in [0.15, 0.2) is 0 Å². The number of halogens is 6. The molecule has 7 unspecified atom stereocenters. The maximum absolute atomic E-state index is 13.6. The number of aliphatic hydroxyl groups excluding tert-OH is 1. The Balaban J connectivity index is 1.51. The summed E-state index contributed by atoms with van der Waals surface area (Å²) in [5, 5.41) is 10.2. The Labute approximate surface area is 204 Å². The van der Waals surface area contributed by atoms with Crippen LogP contribution in [0.3, 0.4) is 0 Å². The summed E-state index contributed by atoms with van der Waals surface area (Å²) in [5.74, 6) is 1.33. The van der Waals surface area contributed by atoms with Crippen LogP contribution in [-0.2, 0) is 4.74 Å². The number of hydrogen-bond donors (Lipinski definition) is 1. The molecule has 0 heterocycles. The molecule has 0 bridgehead atoms. The summed E-state index contributed by atoms with van der Waals surface area (Å²) in [4.78, 5) is 0. The number of hydrogen-bond acceptors (Lipinski definition) is 2. The smallest absolute Gasteiger partial charge is 0.393 e. The number of allylic oxidation sites excluding steroid dienone is 1. The van der Waals surface area contributed by atoms with Crippen molar-refractivity contribution in [3.8, 4) is 0 Å². The maximum atomic E-state index is 13.6. The average molecular weight is 511 g/mol. The molecule has 0 spiro atoms. The van der Waals surface area contributed by atoms with E-state index in [1.54, 1.807) is 0 Å². The molecule has 8 heteroatoms. The van der Waals surface area contributed by atoms with Gasteiger partial charge in [0.2, 0.25) is 0 Å². The number of rotatable bonds is 5. The normalized spacial score (nSPS) is 41.0. The van der Waals surface area contributed by atoms with Crippen LogP contribution in [0.5, 0.6) is 0 Å². The fourth-order valence-electron chi connectivity index (χ4n) is 9.03. The average Bonchev–Trinajstić information content (AvgIpc) is 3.10. The van der Waals surface area contributed by atoms with Gasteiger partial charge in [-0.25, -0.2) is 0 Å². The third-order valence-electron chi connectivity index (χ3n) is 11.1. The molecule has 0 amide bonds. The Morgan fingerprint density at radius 2 is 1.66 bits per heavy atom. The van der Waals surface area contributed by atoms with Crippen LogP contribution in [0.1, 0.15) is 85.0 Å². The number of fused-ring (bicyclic) bond motifs is 5. The fraction of sp³-hybridized carbons (Fsp3) is 0.926. The molecular formula is C27H40F6O2. The lowest BCUT2D eigenvalue weighted by molar-refractivity contribution is -0.377. The molecule has 4 aliphatic carbocycles. The van der Waals surface area contributed by atoms with E-state index in [-0.39, 0.29) is 35.2 Å². The van der Waals surface area contributed by atoms with Gasteiger partial charge >= 0.3 is 12.4 Å². The van der Waals surface area contributed by atoms with Crippen molar-refractivity contribution in [2.45, 2.75) is 109 Å². The molecule has 0 aromatic heterocycles. The number of ether oxygens (including phenoxy) is 1. The highest BCUT2D eigenvalue weighted by Crippen LogP contribution is 2.67. The van der Waals surface area contributed by atoms with Crippen LogP contribution < -0.4 is 0 Å². The van der Waals surface area contributed by atoms with Crippen molar-refractivity contribution in [3.05, 3.63) is 11.6 Å². The third-order valence-corrected chi connectivity index (χ3v) is 11.1. The molecule has 0 saturated heterocycles. The Morgan fingerprint density at radius 3 is 2.26 bits per heavy atom. The lowest BCUT2D eigenvalue weighted by Crippen LogP contribution is -2.58. The van der Waals surface area contributed by atoms with Crippen molar-refractivity contribution in [1.29, 1.82) is 0 Å². The first-order valence-corrected chi connectivity index (χ1v) is 13.2. The lowest BCUT2D eigenvalue weighted by Gasteiger charge is -2.58. The molecule has 3 fully saturated rings. The molecule has 8 atom stereocenters. The molecule has 0 aromatic carbocycles. The highest BCUT2D eigenvalue weighted by molar-refractivity contribution is 5.25. The first-order valence-electron chi connectivity index (χ1n) is 13.2. The van der Waals surface area contributed by atoms with Crippen LogP contribution in [0.2, 0.25) is 0 Å². The van der Waals surface area contributed by atoms with Crippen molar-refractivity contribution in [2.24, 2.45) is 40.4 Å². The zero-order valence-corrected chi connectivity index (χ0v) is 21.2. The van der Waals surface area contributed by atoms with E-state index >= 15 is 0 Å². The Morgan fingerprint density at radius 1 is 1.00 bits per heavy atom. The topological polar surface area (TPSA) is 29.5 Å². The molecule has 4 rings (SSSR count). The van der Waals surface area contributed by atoms with Crippen LogP contribution in [0, 0.1) is 40.4 Å². The Kier molecular flexibility index (Phi) is 6.95. The van der Waals surface area contributed by atoms with Crippen LogP contribution in [0.15, 0.2) is 11.6 Å². The highest BCUT2D eigenvalue weighted by Gasteiger charge is 2.71. The molecule has 1 N–H and O–H groups in total. The second kappa shape index (κ2) is 8.92. The zero-order valence-electron chi connectivity index (χ0n) is 21.2. The van der Waals surface area contributed by atoms with E-state index < -0.39 is 24.4 Å². The summed E-state index contributed by atoms with van der Waals surface area (Å²) in [6.45, 7) is 6.42. The van der Waals surface area contributed by atoms with E-state index in [0.29, 0.717) is 24.9 Å². The lowest BCUT2D eigenvalue weighted by atomic mass is 9.47. The van der Waals surface area contributed by atoms with Gasteiger partial charge in [-0.2, -0.15) is 26.3 Å². The molecular weight excluding hydrogens is 470 g/mol. The molecule has 2 nitrogen and oxygen atoms in total. The molecule has 35 heavy (non-hydrogen) atoms. The third kappa shape index (κ3) is 4.17. The monoisotopic (exact) mass is 510 g/mol. The van der Waals surface area contributed by atoms with E-state index in [2.05, 4.69) is 24.7 Å². The minimum absolute atomic E-state index is 0.0668. The van der Waals surface area contributed by atoms with Gasteiger partial charge in [-0.05, 0) is 105 Å². The summed E-state index contributed by atoms with van der Waals surface area (Å²) in [5.41, 5.74) is -2.69. The summed E-state index contributed by atoms with van der Waals surface area (Å²) < 4.78 is 85.5. The first kappa shape index (κ1) is 27.3. The molecule has 0 aliphatic heterocycles.